The Balaban J connectivity index is 2.86. The maximum absolute atomic E-state index is 11.3. The highest BCUT2D eigenvalue weighted by molar-refractivity contribution is 6.35. The smallest absolute Gasteiger partial charge is 0.242 e. The van der Waals surface area contributed by atoms with Gasteiger partial charge in [0.2, 0.25) is 5.91 Å². The van der Waals surface area contributed by atoms with Crippen molar-refractivity contribution in [3.8, 4) is 0 Å². The maximum Gasteiger partial charge on any atom is 0.242 e. The second kappa shape index (κ2) is 4.67. The van der Waals surface area contributed by atoms with E-state index in [-0.39, 0.29) is 5.91 Å². The SMILES string of the molecule is Cc1ccc(Cl)c(NC(=O)C(C)Cl)c1. The fourth-order valence-electron chi connectivity index (χ4n) is 0.967. The van der Waals surface area contributed by atoms with Crippen LogP contribution in [-0.4, -0.2) is 11.3 Å². The van der Waals surface area contributed by atoms with Crippen LogP contribution in [0.25, 0.3) is 0 Å². The van der Waals surface area contributed by atoms with Crippen molar-refractivity contribution in [3.63, 3.8) is 0 Å². The van der Waals surface area contributed by atoms with Crippen molar-refractivity contribution in [2.45, 2.75) is 19.2 Å². The third-order valence-electron chi connectivity index (χ3n) is 1.74. The average molecular weight is 232 g/mol. The molecule has 4 heteroatoms. The Morgan fingerprint density at radius 1 is 1.50 bits per heavy atom. The third kappa shape index (κ3) is 2.89. The molecule has 0 radical (unpaired) electrons. The van der Waals surface area contributed by atoms with Crippen molar-refractivity contribution in [2.24, 2.45) is 0 Å². The summed E-state index contributed by atoms with van der Waals surface area (Å²) in [5, 5.41) is 2.60. The molecule has 0 aliphatic carbocycles. The maximum atomic E-state index is 11.3. The zero-order valence-corrected chi connectivity index (χ0v) is 9.49. The summed E-state index contributed by atoms with van der Waals surface area (Å²) in [6.45, 7) is 3.54. The van der Waals surface area contributed by atoms with Crippen molar-refractivity contribution in [2.75, 3.05) is 5.32 Å². The molecule has 0 heterocycles. The second-order valence-corrected chi connectivity index (χ2v) is 4.15. The lowest BCUT2D eigenvalue weighted by atomic mass is 10.2. The zero-order valence-electron chi connectivity index (χ0n) is 7.97. The minimum absolute atomic E-state index is 0.251. The summed E-state index contributed by atoms with van der Waals surface area (Å²) >= 11 is 11.5. The van der Waals surface area contributed by atoms with Gasteiger partial charge in [-0.2, -0.15) is 0 Å². The van der Waals surface area contributed by atoms with Crippen molar-refractivity contribution in [3.05, 3.63) is 28.8 Å². The first-order valence-electron chi connectivity index (χ1n) is 4.22. The van der Waals surface area contributed by atoms with Crippen molar-refractivity contribution in [1.82, 2.24) is 0 Å². The Hall–Kier alpha value is -0.730. The Labute approximate surface area is 93.2 Å². The van der Waals surface area contributed by atoms with Gasteiger partial charge in [-0.25, -0.2) is 0 Å². The van der Waals surface area contributed by atoms with E-state index in [2.05, 4.69) is 5.32 Å². The van der Waals surface area contributed by atoms with Gasteiger partial charge in [-0.1, -0.05) is 17.7 Å². The van der Waals surface area contributed by atoms with Crippen LogP contribution >= 0.6 is 23.2 Å². The van der Waals surface area contributed by atoms with E-state index in [0.717, 1.165) is 5.56 Å². The first-order chi connectivity index (χ1) is 6.50. The second-order valence-electron chi connectivity index (χ2n) is 3.09. The van der Waals surface area contributed by atoms with Gasteiger partial charge in [0.15, 0.2) is 0 Å². The zero-order chi connectivity index (χ0) is 10.7. The van der Waals surface area contributed by atoms with Gasteiger partial charge in [0.05, 0.1) is 10.7 Å². The van der Waals surface area contributed by atoms with Gasteiger partial charge in [0, 0.05) is 0 Å². The van der Waals surface area contributed by atoms with Crippen LogP contribution in [0.1, 0.15) is 12.5 Å². The molecule has 0 spiro atoms. The Morgan fingerprint density at radius 2 is 2.14 bits per heavy atom. The van der Waals surface area contributed by atoms with E-state index in [1.54, 1.807) is 19.1 Å². The monoisotopic (exact) mass is 231 g/mol. The lowest BCUT2D eigenvalue weighted by molar-refractivity contribution is -0.115. The van der Waals surface area contributed by atoms with Crippen LogP contribution in [0.5, 0.6) is 0 Å². The number of carbonyl (C=O) groups is 1. The molecule has 1 aromatic carbocycles. The normalized spacial score (nSPS) is 12.3. The molecule has 1 unspecified atom stereocenters. The number of amides is 1. The van der Waals surface area contributed by atoms with Crippen LogP contribution in [0.2, 0.25) is 5.02 Å². The molecule has 0 fully saturated rings. The number of hydrogen-bond donors (Lipinski definition) is 1. The van der Waals surface area contributed by atoms with E-state index in [1.807, 2.05) is 13.0 Å². The number of aryl methyl sites for hydroxylation is 1. The molecule has 2 nitrogen and oxygen atoms in total. The van der Waals surface area contributed by atoms with E-state index in [4.69, 9.17) is 23.2 Å². The number of alkyl halides is 1. The summed E-state index contributed by atoms with van der Waals surface area (Å²) in [5.74, 6) is -0.251. The van der Waals surface area contributed by atoms with Gasteiger partial charge in [-0.15, -0.1) is 11.6 Å². The van der Waals surface area contributed by atoms with Crippen LogP contribution in [0.4, 0.5) is 5.69 Å². The molecule has 76 valence electrons. The van der Waals surface area contributed by atoms with E-state index >= 15 is 0 Å². The van der Waals surface area contributed by atoms with Gasteiger partial charge < -0.3 is 5.32 Å². The predicted octanol–water partition coefficient (Wildman–Crippen LogP) is 3.21. The third-order valence-corrected chi connectivity index (χ3v) is 2.27. The molecule has 1 aromatic rings. The van der Waals surface area contributed by atoms with Gasteiger partial charge in [0.25, 0.3) is 0 Å². The quantitative estimate of drug-likeness (QED) is 0.779. The molecule has 1 amide bonds. The first-order valence-corrected chi connectivity index (χ1v) is 5.03. The molecular weight excluding hydrogens is 221 g/mol. The number of rotatable bonds is 2. The fraction of sp³-hybridized carbons (Fsp3) is 0.300. The minimum atomic E-state index is -0.563. The van der Waals surface area contributed by atoms with Crippen LogP contribution in [0.15, 0.2) is 18.2 Å². The van der Waals surface area contributed by atoms with Crippen molar-refractivity contribution >= 4 is 34.8 Å². The summed E-state index contributed by atoms with van der Waals surface area (Å²) in [6.07, 6.45) is 0. The summed E-state index contributed by atoms with van der Waals surface area (Å²) < 4.78 is 0. The molecule has 0 saturated heterocycles. The van der Waals surface area contributed by atoms with Gasteiger partial charge in [-0.05, 0) is 31.5 Å². The Kier molecular flexibility index (Phi) is 3.78. The molecule has 0 aliphatic rings. The number of benzene rings is 1. The van der Waals surface area contributed by atoms with Crippen molar-refractivity contribution < 1.29 is 4.79 Å². The molecule has 1 N–H and O–H groups in total. The van der Waals surface area contributed by atoms with Gasteiger partial charge in [-0.3, -0.25) is 4.79 Å². The molecule has 1 rings (SSSR count). The average Bonchev–Trinajstić information content (AvgIpc) is 2.11. The van der Waals surface area contributed by atoms with Crippen LogP contribution in [-0.2, 0) is 4.79 Å². The predicted molar refractivity (Wildman–Crippen MR) is 60.1 cm³/mol. The molecule has 0 bridgehead atoms. The Bertz CT molecular complexity index is 350. The molecule has 0 aromatic heterocycles. The Morgan fingerprint density at radius 3 is 2.71 bits per heavy atom. The number of nitrogens with one attached hydrogen (secondary N) is 1. The van der Waals surface area contributed by atoms with E-state index < -0.39 is 5.38 Å². The van der Waals surface area contributed by atoms with Gasteiger partial charge >= 0.3 is 0 Å². The standard InChI is InChI=1S/C10H11Cl2NO/c1-6-3-4-8(12)9(5-6)13-10(14)7(2)11/h3-5,7H,1-2H3,(H,13,14). The highest BCUT2D eigenvalue weighted by Gasteiger charge is 2.10. The highest BCUT2D eigenvalue weighted by atomic mass is 35.5. The van der Waals surface area contributed by atoms with Crippen LogP contribution in [0, 0.1) is 6.92 Å². The van der Waals surface area contributed by atoms with E-state index in [1.165, 1.54) is 0 Å². The van der Waals surface area contributed by atoms with E-state index in [0.29, 0.717) is 10.7 Å². The lowest BCUT2D eigenvalue weighted by Crippen LogP contribution is -2.20. The van der Waals surface area contributed by atoms with Gasteiger partial charge in [0.1, 0.15) is 5.38 Å². The summed E-state index contributed by atoms with van der Waals surface area (Å²) in [7, 11) is 0. The lowest BCUT2D eigenvalue weighted by Gasteiger charge is -2.08. The summed E-state index contributed by atoms with van der Waals surface area (Å²) in [4.78, 5) is 11.3. The number of halogens is 2. The highest BCUT2D eigenvalue weighted by Crippen LogP contribution is 2.22. The largest absolute Gasteiger partial charge is 0.323 e. The van der Waals surface area contributed by atoms with Crippen LogP contribution in [0.3, 0.4) is 0 Å². The molecule has 1 atom stereocenters. The molecule has 14 heavy (non-hydrogen) atoms. The molecule has 0 aliphatic heterocycles. The molecular formula is C10H11Cl2NO. The first kappa shape index (κ1) is 11.3. The summed E-state index contributed by atoms with van der Waals surface area (Å²) in [5.41, 5.74) is 1.64. The fourth-order valence-corrected chi connectivity index (χ4v) is 1.19. The van der Waals surface area contributed by atoms with Crippen molar-refractivity contribution in [1.29, 1.82) is 0 Å². The number of carbonyl (C=O) groups excluding carboxylic acids is 1. The topological polar surface area (TPSA) is 29.1 Å². The van der Waals surface area contributed by atoms with Crippen LogP contribution < -0.4 is 5.32 Å². The number of anilines is 1. The number of hydrogen-bond acceptors (Lipinski definition) is 1. The van der Waals surface area contributed by atoms with E-state index in [9.17, 15) is 4.79 Å². The minimum Gasteiger partial charge on any atom is -0.323 e. The summed E-state index contributed by atoms with van der Waals surface area (Å²) in [6, 6.07) is 5.42. The molecule has 0 saturated carbocycles.